The molecule has 0 atom stereocenters. The first-order valence-corrected chi connectivity index (χ1v) is 8.11. The number of alkyl halides is 3. The van der Waals surface area contributed by atoms with E-state index in [0.717, 1.165) is 27.3 Å². The lowest BCUT2D eigenvalue weighted by Crippen LogP contribution is -2.40. The fourth-order valence-electron chi connectivity index (χ4n) is 2.72. The van der Waals surface area contributed by atoms with E-state index in [1.54, 1.807) is 0 Å². The fraction of sp³-hybridized carbons (Fsp3) is 0.222. The number of aromatic nitrogens is 3. The van der Waals surface area contributed by atoms with Crippen molar-refractivity contribution in [3.8, 4) is 5.69 Å². The van der Waals surface area contributed by atoms with E-state index < -0.39 is 29.0 Å². The summed E-state index contributed by atoms with van der Waals surface area (Å²) in [5, 5.41) is 0.0438. The molecule has 0 spiro atoms. The third-order valence-corrected chi connectivity index (χ3v) is 3.95. The first kappa shape index (κ1) is 19.3. The highest BCUT2D eigenvalue weighted by atomic mass is 19.4. The minimum absolute atomic E-state index is 0.0438. The molecule has 2 aromatic heterocycles. The molecule has 10 heteroatoms. The van der Waals surface area contributed by atoms with E-state index >= 15 is 0 Å². The molecule has 0 bridgehead atoms. The molecule has 0 saturated heterocycles. The Hall–Kier alpha value is -3.43. The second-order valence-corrected chi connectivity index (χ2v) is 5.84. The van der Waals surface area contributed by atoms with Crippen molar-refractivity contribution in [2.24, 2.45) is 0 Å². The highest BCUT2D eigenvalue weighted by Crippen LogP contribution is 2.30. The number of benzene rings is 1. The fourth-order valence-corrected chi connectivity index (χ4v) is 2.72. The highest BCUT2D eigenvalue weighted by Gasteiger charge is 2.31. The van der Waals surface area contributed by atoms with Crippen molar-refractivity contribution in [2.75, 3.05) is 6.61 Å². The van der Waals surface area contributed by atoms with Crippen LogP contribution in [0.2, 0.25) is 0 Å². The Labute approximate surface area is 155 Å². The summed E-state index contributed by atoms with van der Waals surface area (Å²) in [5.41, 5.74) is -2.67. The van der Waals surface area contributed by atoms with Gasteiger partial charge in [-0.25, -0.2) is 14.3 Å². The molecular weight excluding hydrogens is 379 g/mol. The molecule has 2 heterocycles. The summed E-state index contributed by atoms with van der Waals surface area (Å²) in [6.07, 6.45) is -3.28. The predicted molar refractivity (Wildman–Crippen MR) is 93.2 cm³/mol. The van der Waals surface area contributed by atoms with Crippen molar-refractivity contribution in [3.63, 3.8) is 0 Å². The molecule has 28 heavy (non-hydrogen) atoms. The summed E-state index contributed by atoms with van der Waals surface area (Å²) < 4.78 is 45.7. The van der Waals surface area contributed by atoms with Gasteiger partial charge in [0.1, 0.15) is 6.61 Å². The number of pyridine rings is 1. The average Bonchev–Trinajstić information content (AvgIpc) is 2.64. The van der Waals surface area contributed by atoms with E-state index in [2.05, 4.69) is 4.98 Å². The molecule has 0 saturated carbocycles. The molecule has 3 aromatic rings. The highest BCUT2D eigenvalue weighted by molar-refractivity contribution is 5.75. The summed E-state index contributed by atoms with van der Waals surface area (Å²) in [6, 6.07) is 7.04. The van der Waals surface area contributed by atoms with Crippen LogP contribution in [0.1, 0.15) is 12.5 Å². The first-order chi connectivity index (χ1) is 13.2. The molecule has 0 radical (unpaired) electrons. The molecule has 0 N–H and O–H groups in total. The monoisotopic (exact) mass is 393 g/mol. The van der Waals surface area contributed by atoms with E-state index in [-0.39, 0.29) is 29.9 Å². The normalized spacial score (nSPS) is 11.6. The van der Waals surface area contributed by atoms with Gasteiger partial charge in [-0.15, -0.1) is 0 Å². The van der Waals surface area contributed by atoms with Gasteiger partial charge in [0.05, 0.1) is 23.2 Å². The zero-order valence-electron chi connectivity index (χ0n) is 14.6. The summed E-state index contributed by atoms with van der Waals surface area (Å²) in [6.45, 7) is 0.688. The second-order valence-electron chi connectivity index (χ2n) is 5.84. The molecule has 7 nitrogen and oxygen atoms in total. The van der Waals surface area contributed by atoms with Crippen molar-refractivity contribution >= 4 is 17.0 Å². The van der Waals surface area contributed by atoms with Crippen molar-refractivity contribution in [1.29, 1.82) is 0 Å². The smallest absolute Gasteiger partial charge is 0.416 e. The first-order valence-electron chi connectivity index (χ1n) is 8.11. The quantitative estimate of drug-likeness (QED) is 0.634. The molecule has 1 aromatic carbocycles. The summed E-state index contributed by atoms with van der Waals surface area (Å²) in [4.78, 5) is 40.5. The number of carbonyl (C=O) groups excluding carboxylic acids is 1. The topological polar surface area (TPSA) is 83.2 Å². The molecule has 3 rings (SSSR count). The maximum Gasteiger partial charge on any atom is 0.416 e. The Morgan fingerprint density at radius 3 is 2.61 bits per heavy atom. The Kier molecular flexibility index (Phi) is 5.04. The number of carbonyl (C=O) groups is 1. The standard InChI is InChI=1S/C18H14F3N3O4/c1-11(25)28-9-8-23-16(26)14-6-3-7-22-15(14)24(17(23)27)13-5-2-4-12(10-13)18(19,20)21/h2-7,10H,8-9H2,1H3. The summed E-state index contributed by atoms with van der Waals surface area (Å²) in [5.74, 6) is -0.589. The molecule has 0 amide bonds. The predicted octanol–water partition coefficient (Wildman–Crippen LogP) is 2.13. The van der Waals surface area contributed by atoms with E-state index in [1.807, 2.05) is 0 Å². The molecule has 0 aliphatic carbocycles. The number of esters is 1. The zero-order chi connectivity index (χ0) is 20.5. The van der Waals surface area contributed by atoms with Gasteiger partial charge in [0.25, 0.3) is 5.56 Å². The van der Waals surface area contributed by atoms with Crippen LogP contribution in [0, 0.1) is 0 Å². The maximum absolute atomic E-state index is 13.1. The van der Waals surface area contributed by atoms with Crippen LogP contribution in [-0.2, 0) is 22.3 Å². The van der Waals surface area contributed by atoms with E-state index in [9.17, 15) is 27.6 Å². The van der Waals surface area contributed by atoms with E-state index in [0.29, 0.717) is 0 Å². The van der Waals surface area contributed by atoms with E-state index in [1.165, 1.54) is 31.3 Å². The van der Waals surface area contributed by atoms with Gasteiger partial charge < -0.3 is 4.74 Å². The average molecular weight is 393 g/mol. The third kappa shape index (κ3) is 3.66. The van der Waals surface area contributed by atoms with Gasteiger partial charge in [-0.3, -0.25) is 14.2 Å². The van der Waals surface area contributed by atoms with Crippen LogP contribution in [0.5, 0.6) is 0 Å². The SMILES string of the molecule is CC(=O)OCCn1c(=O)c2cccnc2n(-c2cccc(C(F)(F)F)c2)c1=O. The number of ether oxygens (including phenoxy) is 1. The number of fused-ring (bicyclic) bond motifs is 1. The number of hydrogen-bond acceptors (Lipinski definition) is 5. The van der Waals surface area contributed by atoms with Crippen molar-refractivity contribution < 1.29 is 22.7 Å². The largest absolute Gasteiger partial charge is 0.464 e. The lowest BCUT2D eigenvalue weighted by molar-refractivity contribution is -0.141. The maximum atomic E-state index is 13.1. The molecule has 0 unspecified atom stereocenters. The van der Waals surface area contributed by atoms with Gasteiger partial charge in [0.15, 0.2) is 5.65 Å². The van der Waals surface area contributed by atoms with Crippen LogP contribution in [0.25, 0.3) is 16.7 Å². The number of rotatable bonds is 4. The van der Waals surface area contributed by atoms with E-state index in [4.69, 9.17) is 4.74 Å². The lowest BCUT2D eigenvalue weighted by Gasteiger charge is -2.15. The molecule has 146 valence electrons. The Bertz CT molecular complexity index is 1170. The van der Waals surface area contributed by atoms with Gasteiger partial charge in [0.2, 0.25) is 0 Å². The second kappa shape index (κ2) is 7.29. The third-order valence-electron chi connectivity index (χ3n) is 3.95. The number of halogens is 3. The van der Waals surface area contributed by atoms with Crippen LogP contribution >= 0.6 is 0 Å². The van der Waals surface area contributed by atoms with Gasteiger partial charge in [-0.05, 0) is 30.3 Å². The Morgan fingerprint density at radius 2 is 1.93 bits per heavy atom. The van der Waals surface area contributed by atoms with Crippen molar-refractivity contribution in [1.82, 2.24) is 14.1 Å². The summed E-state index contributed by atoms with van der Waals surface area (Å²) in [7, 11) is 0. The molecule has 0 fully saturated rings. The van der Waals surface area contributed by atoms with Gasteiger partial charge in [0, 0.05) is 13.1 Å². The van der Waals surface area contributed by atoms with Gasteiger partial charge in [-0.2, -0.15) is 13.2 Å². The van der Waals surface area contributed by atoms with Crippen molar-refractivity contribution in [3.05, 3.63) is 69.0 Å². The lowest BCUT2D eigenvalue weighted by atomic mass is 10.2. The molecule has 0 aliphatic heterocycles. The molecular formula is C18H14F3N3O4. The van der Waals surface area contributed by atoms with Gasteiger partial charge >= 0.3 is 17.8 Å². The Balaban J connectivity index is 2.26. The van der Waals surface area contributed by atoms with Crippen molar-refractivity contribution in [2.45, 2.75) is 19.6 Å². The zero-order valence-corrected chi connectivity index (χ0v) is 14.6. The van der Waals surface area contributed by atoms with Crippen LogP contribution in [0.15, 0.2) is 52.2 Å². The number of hydrogen-bond donors (Lipinski definition) is 0. The van der Waals surface area contributed by atoms with Gasteiger partial charge in [-0.1, -0.05) is 6.07 Å². The van der Waals surface area contributed by atoms with Crippen LogP contribution in [-0.4, -0.2) is 26.7 Å². The van der Waals surface area contributed by atoms with Crippen LogP contribution in [0.4, 0.5) is 13.2 Å². The minimum Gasteiger partial charge on any atom is -0.464 e. The Morgan fingerprint density at radius 1 is 1.18 bits per heavy atom. The molecule has 0 aliphatic rings. The van der Waals surface area contributed by atoms with Crippen LogP contribution < -0.4 is 11.2 Å². The number of nitrogens with zero attached hydrogens (tertiary/aromatic N) is 3. The minimum atomic E-state index is -4.60. The summed E-state index contributed by atoms with van der Waals surface area (Å²) >= 11 is 0. The van der Waals surface area contributed by atoms with Crippen LogP contribution in [0.3, 0.4) is 0 Å².